The molecule has 0 saturated heterocycles. The molecule has 0 atom stereocenters. The second-order valence-corrected chi connectivity index (χ2v) is 4.06. The molecule has 0 bridgehead atoms. The van der Waals surface area contributed by atoms with E-state index in [4.69, 9.17) is 5.11 Å². The Bertz CT molecular complexity index is 636. The normalized spacial score (nSPS) is 10.5. The lowest BCUT2D eigenvalue weighted by molar-refractivity contribution is 0.432. The fourth-order valence-corrected chi connectivity index (χ4v) is 1.80. The summed E-state index contributed by atoms with van der Waals surface area (Å²) < 4.78 is 40.9. The van der Waals surface area contributed by atoms with Crippen molar-refractivity contribution < 1.29 is 18.3 Å². The highest BCUT2D eigenvalue weighted by atomic mass is 19.2. The molecule has 0 spiro atoms. The summed E-state index contributed by atoms with van der Waals surface area (Å²) in [7, 11) is 0. The van der Waals surface area contributed by atoms with Crippen molar-refractivity contribution in [3.63, 3.8) is 0 Å². The van der Waals surface area contributed by atoms with Crippen molar-refractivity contribution in [1.82, 2.24) is 0 Å². The Hall–Kier alpha value is -2.23. The van der Waals surface area contributed by atoms with Crippen molar-refractivity contribution in [2.75, 3.05) is 0 Å². The van der Waals surface area contributed by atoms with Crippen LogP contribution in [0.2, 0.25) is 0 Å². The van der Waals surface area contributed by atoms with Crippen LogP contribution in [0.25, 0.3) is 11.1 Å². The molecule has 2 rings (SSSR count). The topological polar surface area (TPSA) is 20.2 Å². The van der Waals surface area contributed by atoms with E-state index < -0.39 is 23.2 Å². The number of hydrogen-bond donors (Lipinski definition) is 1. The fraction of sp³-hybridized carbons (Fsp3) is 0.0667. The van der Waals surface area contributed by atoms with Crippen molar-refractivity contribution in [2.24, 2.45) is 0 Å². The summed E-state index contributed by atoms with van der Waals surface area (Å²) in [4.78, 5) is 0. The quantitative estimate of drug-likeness (QED) is 0.823. The molecule has 0 aliphatic heterocycles. The zero-order chi connectivity index (χ0) is 14.0. The number of benzene rings is 2. The number of rotatable bonds is 3. The van der Waals surface area contributed by atoms with Crippen LogP contribution in [0.3, 0.4) is 0 Å². The van der Waals surface area contributed by atoms with Crippen LogP contribution in [0.15, 0.2) is 43.0 Å². The Kier molecular flexibility index (Phi) is 3.60. The largest absolute Gasteiger partial charge is 0.505 e. The first-order valence-corrected chi connectivity index (χ1v) is 5.61. The molecule has 0 amide bonds. The molecule has 4 heteroatoms. The van der Waals surface area contributed by atoms with Gasteiger partial charge in [0.05, 0.1) is 0 Å². The third kappa shape index (κ3) is 2.47. The van der Waals surface area contributed by atoms with E-state index in [1.807, 2.05) is 0 Å². The Balaban J connectivity index is 2.54. The lowest BCUT2D eigenvalue weighted by atomic mass is 10.0. The summed E-state index contributed by atoms with van der Waals surface area (Å²) in [6.45, 7) is 3.46. The third-order valence-corrected chi connectivity index (χ3v) is 2.79. The van der Waals surface area contributed by atoms with Gasteiger partial charge in [0.15, 0.2) is 23.2 Å². The van der Waals surface area contributed by atoms with Gasteiger partial charge in [-0.2, -0.15) is 0 Å². The van der Waals surface area contributed by atoms with Crippen LogP contribution in [0, 0.1) is 17.5 Å². The second kappa shape index (κ2) is 5.18. The lowest BCUT2D eigenvalue weighted by Gasteiger charge is -2.08. The van der Waals surface area contributed by atoms with Gasteiger partial charge in [0.2, 0.25) is 0 Å². The standard InChI is InChI=1S/C15H11F3O/c1-2-3-9-4-6-11(15(18)14(9)17)10-5-7-13(19)12(16)8-10/h2,4-8,19H,1,3H2. The summed E-state index contributed by atoms with van der Waals surface area (Å²) in [6, 6.07) is 6.19. The SMILES string of the molecule is C=CCc1ccc(-c2ccc(O)c(F)c2)c(F)c1F. The number of phenolic OH excluding ortho intramolecular Hbond substituents is 1. The molecule has 1 nitrogen and oxygen atoms in total. The molecular weight excluding hydrogens is 253 g/mol. The summed E-state index contributed by atoms with van der Waals surface area (Å²) in [5.74, 6) is -3.42. The van der Waals surface area contributed by atoms with E-state index >= 15 is 0 Å². The number of allylic oxidation sites excluding steroid dienone is 1. The van der Waals surface area contributed by atoms with Crippen LogP contribution in [-0.2, 0) is 6.42 Å². The van der Waals surface area contributed by atoms with Gasteiger partial charge in [-0.3, -0.25) is 0 Å². The number of hydrogen-bond acceptors (Lipinski definition) is 1. The van der Waals surface area contributed by atoms with Gasteiger partial charge in [0, 0.05) is 5.56 Å². The van der Waals surface area contributed by atoms with E-state index in [-0.39, 0.29) is 23.1 Å². The molecule has 1 N–H and O–H groups in total. The van der Waals surface area contributed by atoms with Crippen molar-refractivity contribution in [2.45, 2.75) is 6.42 Å². The van der Waals surface area contributed by atoms with E-state index in [1.54, 1.807) is 0 Å². The Morgan fingerprint density at radius 1 is 1.05 bits per heavy atom. The van der Waals surface area contributed by atoms with Crippen LogP contribution in [0.5, 0.6) is 5.75 Å². The molecule has 0 unspecified atom stereocenters. The molecule has 0 radical (unpaired) electrons. The van der Waals surface area contributed by atoms with E-state index in [0.717, 1.165) is 12.1 Å². The summed E-state index contributed by atoms with van der Waals surface area (Å²) in [5.41, 5.74) is 0.302. The van der Waals surface area contributed by atoms with Crippen LogP contribution in [0.4, 0.5) is 13.2 Å². The van der Waals surface area contributed by atoms with Gasteiger partial charge < -0.3 is 5.11 Å². The summed E-state index contributed by atoms with van der Waals surface area (Å²) >= 11 is 0. The number of halogens is 3. The maximum Gasteiger partial charge on any atom is 0.166 e. The van der Waals surface area contributed by atoms with E-state index in [1.165, 1.54) is 24.3 Å². The van der Waals surface area contributed by atoms with Gasteiger partial charge in [0.1, 0.15) is 0 Å². The molecule has 2 aromatic carbocycles. The first-order chi connectivity index (χ1) is 9.04. The van der Waals surface area contributed by atoms with Gasteiger partial charge in [-0.05, 0) is 29.7 Å². The minimum absolute atomic E-state index is 0.0517. The summed E-state index contributed by atoms with van der Waals surface area (Å²) in [6.07, 6.45) is 1.69. The molecular formula is C15H11F3O. The molecule has 0 saturated carbocycles. The molecule has 0 aliphatic rings. The smallest absolute Gasteiger partial charge is 0.166 e. The van der Waals surface area contributed by atoms with Gasteiger partial charge in [0.25, 0.3) is 0 Å². The van der Waals surface area contributed by atoms with Crippen LogP contribution < -0.4 is 0 Å². The predicted octanol–water partition coefficient (Wildman–Crippen LogP) is 4.21. The second-order valence-electron chi connectivity index (χ2n) is 4.06. The maximum absolute atomic E-state index is 13.9. The first-order valence-electron chi connectivity index (χ1n) is 5.61. The number of phenols is 1. The van der Waals surface area contributed by atoms with Crippen LogP contribution >= 0.6 is 0 Å². The van der Waals surface area contributed by atoms with Gasteiger partial charge in [-0.25, -0.2) is 13.2 Å². The monoisotopic (exact) mass is 264 g/mol. The van der Waals surface area contributed by atoms with Crippen molar-refractivity contribution >= 4 is 0 Å². The van der Waals surface area contributed by atoms with Gasteiger partial charge in [-0.1, -0.05) is 24.3 Å². The van der Waals surface area contributed by atoms with Crippen molar-refractivity contribution in [3.05, 3.63) is 66.0 Å². The Morgan fingerprint density at radius 3 is 2.42 bits per heavy atom. The number of aromatic hydroxyl groups is 1. The highest BCUT2D eigenvalue weighted by Crippen LogP contribution is 2.29. The average molecular weight is 264 g/mol. The van der Waals surface area contributed by atoms with E-state index in [2.05, 4.69) is 6.58 Å². The van der Waals surface area contributed by atoms with Gasteiger partial charge in [-0.15, -0.1) is 6.58 Å². The minimum atomic E-state index is -1.04. The maximum atomic E-state index is 13.9. The average Bonchev–Trinajstić information content (AvgIpc) is 2.39. The molecule has 0 aromatic heterocycles. The Labute approximate surface area is 108 Å². The third-order valence-electron chi connectivity index (χ3n) is 2.79. The minimum Gasteiger partial charge on any atom is -0.505 e. The van der Waals surface area contributed by atoms with Gasteiger partial charge >= 0.3 is 0 Å². The molecule has 0 heterocycles. The van der Waals surface area contributed by atoms with E-state index in [0.29, 0.717) is 0 Å². The lowest BCUT2D eigenvalue weighted by Crippen LogP contribution is -1.96. The first kappa shape index (κ1) is 13.2. The predicted molar refractivity (Wildman–Crippen MR) is 67.3 cm³/mol. The van der Waals surface area contributed by atoms with Crippen molar-refractivity contribution in [3.8, 4) is 16.9 Å². The molecule has 0 aliphatic carbocycles. The highest BCUT2D eigenvalue weighted by Gasteiger charge is 2.15. The summed E-state index contributed by atoms with van der Waals surface area (Å²) in [5, 5.41) is 9.07. The highest BCUT2D eigenvalue weighted by molar-refractivity contribution is 5.65. The van der Waals surface area contributed by atoms with E-state index in [9.17, 15) is 13.2 Å². The molecule has 98 valence electrons. The zero-order valence-electron chi connectivity index (χ0n) is 9.96. The van der Waals surface area contributed by atoms with Crippen LogP contribution in [0.1, 0.15) is 5.56 Å². The molecule has 19 heavy (non-hydrogen) atoms. The van der Waals surface area contributed by atoms with Crippen molar-refractivity contribution in [1.29, 1.82) is 0 Å². The zero-order valence-corrected chi connectivity index (χ0v) is 9.96. The molecule has 0 fully saturated rings. The van der Waals surface area contributed by atoms with Crippen LogP contribution in [-0.4, -0.2) is 5.11 Å². The Morgan fingerprint density at radius 2 is 1.79 bits per heavy atom. The fourth-order valence-electron chi connectivity index (χ4n) is 1.80. The molecule has 2 aromatic rings.